The second-order valence-electron chi connectivity index (χ2n) is 5.43. The Kier molecular flexibility index (Phi) is 6.16. The van der Waals surface area contributed by atoms with E-state index >= 15 is 0 Å². The third kappa shape index (κ3) is 4.67. The van der Waals surface area contributed by atoms with Gasteiger partial charge in [-0.2, -0.15) is 0 Å². The molecule has 1 heterocycles. The molecule has 104 valence electrons. The molecule has 0 aromatic heterocycles. The molecule has 1 saturated heterocycles. The van der Waals surface area contributed by atoms with Gasteiger partial charge in [0.2, 0.25) is 11.8 Å². The lowest BCUT2D eigenvalue weighted by molar-refractivity contribution is -0.135. The molecule has 0 aromatic rings. The predicted octanol–water partition coefficient (Wildman–Crippen LogP) is 1.94. The summed E-state index contributed by atoms with van der Waals surface area (Å²) in [7, 11) is 0. The van der Waals surface area contributed by atoms with Crippen LogP contribution in [-0.2, 0) is 9.59 Å². The Morgan fingerprint density at radius 2 is 1.89 bits per heavy atom. The molecule has 0 atom stereocenters. The van der Waals surface area contributed by atoms with Gasteiger partial charge in [0.25, 0.3) is 0 Å². The third-order valence-electron chi connectivity index (χ3n) is 3.42. The van der Waals surface area contributed by atoms with Crippen LogP contribution in [-0.4, -0.2) is 35.8 Å². The molecule has 18 heavy (non-hydrogen) atoms. The number of piperidine rings is 1. The molecule has 4 nitrogen and oxygen atoms in total. The van der Waals surface area contributed by atoms with Crippen molar-refractivity contribution in [2.24, 2.45) is 5.92 Å². The second kappa shape index (κ2) is 7.39. The minimum atomic E-state index is 0.0701. The number of hydrogen-bond donors (Lipinski definition) is 1. The van der Waals surface area contributed by atoms with Crippen molar-refractivity contribution in [3.05, 3.63) is 0 Å². The van der Waals surface area contributed by atoms with Gasteiger partial charge in [-0.05, 0) is 19.3 Å². The van der Waals surface area contributed by atoms with Crippen molar-refractivity contribution in [3.8, 4) is 0 Å². The number of likely N-dealkylation sites (tertiary alicyclic amines) is 1. The van der Waals surface area contributed by atoms with Gasteiger partial charge in [-0.1, -0.05) is 27.2 Å². The fourth-order valence-electron chi connectivity index (χ4n) is 2.25. The van der Waals surface area contributed by atoms with Crippen LogP contribution in [0, 0.1) is 5.92 Å². The van der Waals surface area contributed by atoms with Crippen molar-refractivity contribution >= 4 is 11.8 Å². The van der Waals surface area contributed by atoms with E-state index in [1.807, 2.05) is 18.7 Å². The van der Waals surface area contributed by atoms with Crippen molar-refractivity contribution in [3.63, 3.8) is 0 Å². The van der Waals surface area contributed by atoms with Gasteiger partial charge in [-0.3, -0.25) is 9.59 Å². The van der Waals surface area contributed by atoms with Crippen LogP contribution in [0.4, 0.5) is 0 Å². The van der Waals surface area contributed by atoms with E-state index < -0.39 is 0 Å². The molecule has 0 saturated carbocycles. The SMILES string of the molecule is CCCCC(=O)NC1CCN(C(=O)C(C)C)CC1. The molecule has 0 unspecified atom stereocenters. The van der Waals surface area contributed by atoms with E-state index in [1.165, 1.54) is 0 Å². The second-order valence-corrected chi connectivity index (χ2v) is 5.43. The predicted molar refractivity (Wildman–Crippen MR) is 72.1 cm³/mol. The number of rotatable bonds is 5. The van der Waals surface area contributed by atoms with Crippen LogP contribution in [0.5, 0.6) is 0 Å². The van der Waals surface area contributed by atoms with Crippen molar-refractivity contribution < 1.29 is 9.59 Å². The van der Waals surface area contributed by atoms with Crippen LogP contribution >= 0.6 is 0 Å². The highest BCUT2D eigenvalue weighted by Crippen LogP contribution is 2.13. The molecule has 0 aliphatic carbocycles. The van der Waals surface area contributed by atoms with Crippen molar-refractivity contribution in [1.29, 1.82) is 0 Å². The Balaban J connectivity index is 2.27. The number of nitrogens with zero attached hydrogens (tertiary/aromatic N) is 1. The number of amides is 2. The molecule has 4 heteroatoms. The van der Waals surface area contributed by atoms with Crippen LogP contribution < -0.4 is 5.32 Å². The van der Waals surface area contributed by atoms with E-state index in [-0.39, 0.29) is 23.8 Å². The summed E-state index contributed by atoms with van der Waals surface area (Å²) in [4.78, 5) is 25.3. The minimum Gasteiger partial charge on any atom is -0.353 e. The first-order chi connectivity index (χ1) is 8.54. The lowest BCUT2D eigenvalue weighted by atomic mass is 10.0. The summed E-state index contributed by atoms with van der Waals surface area (Å²) in [6.45, 7) is 7.50. The smallest absolute Gasteiger partial charge is 0.225 e. The highest BCUT2D eigenvalue weighted by Gasteiger charge is 2.24. The zero-order valence-corrected chi connectivity index (χ0v) is 11.9. The maximum atomic E-state index is 11.8. The lowest BCUT2D eigenvalue weighted by Gasteiger charge is -2.33. The monoisotopic (exact) mass is 254 g/mol. The molecule has 0 spiro atoms. The number of hydrogen-bond acceptors (Lipinski definition) is 2. The topological polar surface area (TPSA) is 49.4 Å². The highest BCUT2D eigenvalue weighted by atomic mass is 16.2. The molecule has 0 aromatic carbocycles. The van der Waals surface area contributed by atoms with E-state index in [1.54, 1.807) is 0 Å². The molecular formula is C14H26N2O2. The largest absolute Gasteiger partial charge is 0.353 e. The van der Waals surface area contributed by atoms with Gasteiger partial charge in [0.1, 0.15) is 0 Å². The van der Waals surface area contributed by atoms with Gasteiger partial charge in [0, 0.05) is 31.5 Å². The number of carbonyl (C=O) groups is 2. The van der Waals surface area contributed by atoms with E-state index in [2.05, 4.69) is 12.2 Å². The van der Waals surface area contributed by atoms with E-state index in [4.69, 9.17) is 0 Å². The Morgan fingerprint density at radius 3 is 2.39 bits per heavy atom. The first kappa shape index (κ1) is 15.0. The van der Waals surface area contributed by atoms with Gasteiger partial charge < -0.3 is 10.2 Å². The molecule has 1 fully saturated rings. The van der Waals surface area contributed by atoms with Crippen LogP contribution in [0.2, 0.25) is 0 Å². The van der Waals surface area contributed by atoms with Crippen LogP contribution in [0.3, 0.4) is 0 Å². The Labute approximate surface area is 110 Å². The first-order valence-corrected chi connectivity index (χ1v) is 7.12. The summed E-state index contributed by atoms with van der Waals surface area (Å²) in [5, 5.41) is 3.07. The van der Waals surface area contributed by atoms with Crippen molar-refractivity contribution in [2.45, 2.75) is 58.9 Å². The van der Waals surface area contributed by atoms with Crippen LogP contribution in [0.25, 0.3) is 0 Å². The van der Waals surface area contributed by atoms with Gasteiger partial charge in [0.15, 0.2) is 0 Å². The van der Waals surface area contributed by atoms with E-state index in [9.17, 15) is 9.59 Å². The van der Waals surface area contributed by atoms with Crippen LogP contribution in [0.1, 0.15) is 52.9 Å². The van der Waals surface area contributed by atoms with E-state index in [0.29, 0.717) is 6.42 Å². The molecule has 0 bridgehead atoms. The third-order valence-corrected chi connectivity index (χ3v) is 3.42. The maximum Gasteiger partial charge on any atom is 0.225 e. The maximum absolute atomic E-state index is 11.8. The summed E-state index contributed by atoms with van der Waals surface area (Å²) in [5.41, 5.74) is 0. The normalized spacial score (nSPS) is 17.0. The Morgan fingerprint density at radius 1 is 1.28 bits per heavy atom. The average Bonchev–Trinajstić information content (AvgIpc) is 2.36. The molecular weight excluding hydrogens is 228 g/mol. The average molecular weight is 254 g/mol. The number of nitrogens with one attached hydrogen (secondary N) is 1. The Hall–Kier alpha value is -1.06. The minimum absolute atomic E-state index is 0.0701. The van der Waals surface area contributed by atoms with Crippen molar-refractivity contribution in [1.82, 2.24) is 10.2 Å². The van der Waals surface area contributed by atoms with Gasteiger partial charge in [-0.25, -0.2) is 0 Å². The molecule has 2 amide bonds. The molecule has 1 rings (SSSR count). The summed E-state index contributed by atoms with van der Waals surface area (Å²) in [6.07, 6.45) is 4.40. The molecule has 1 aliphatic heterocycles. The summed E-state index contributed by atoms with van der Waals surface area (Å²) < 4.78 is 0. The standard InChI is InChI=1S/C14H26N2O2/c1-4-5-6-13(17)15-12-7-9-16(10-8-12)14(18)11(2)3/h11-12H,4-10H2,1-3H3,(H,15,17). The molecule has 1 aliphatic rings. The van der Waals surface area contributed by atoms with E-state index in [0.717, 1.165) is 38.8 Å². The first-order valence-electron chi connectivity index (χ1n) is 7.12. The molecule has 1 N–H and O–H groups in total. The van der Waals surface area contributed by atoms with Gasteiger partial charge in [-0.15, -0.1) is 0 Å². The quantitative estimate of drug-likeness (QED) is 0.815. The van der Waals surface area contributed by atoms with Gasteiger partial charge >= 0.3 is 0 Å². The summed E-state index contributed by atoms with van der Waals surface area (Å²) in [5.74, 6) is 0.456. The van der Waals surface area contributed by atoms with Crippen LogP contribution in [0.15, 0.2) is 0 Å². The number of carbonyl (C=O) groups excluding carboxylic acids is 2. The lowest BCUT2D eigenvalue weighted by Crippen LogP contribution is -2.47. The summed E-state index contributed by atoms with van der Waals surface area (Å²) >= 11 is 0. The zero-order chi connectivity index (χ0) is 13.5. The highest BCUT2D eigenvalue weighted by molar-refractivity contribution is 5.78. The zero-order valence-electron chi connectivity index (χ0n) is 11.9. The van der Waals surface area contributed by atoms with Gasteiger partial charge in [0.05, 0.1) is 0 Å². The fraction of sp³-hybridized carbons (Fsp3) is 0.857. The number of unbranched alkanes of at least 4 members (excludes halogenated alkanes) is 1. The fourth-order valence-corrected chi connectivity index (χ4v) is 2.25. The summed E-state index contributed by atoms with van der Waals surface area (Å²) in [6, 6.07) is 0.255. The molecule has 0 radical (unpaired) electrons. The Bertz CT molecular complexity index is 282. The van der Waals surface area contributed by atoms with Crippen molar-refractivity contribution in [2.75, 3.05) is 13.1 Å².